The van der Waals surface area contributed by atoms with Gasteiger partial charge in [0.05, 0.1) is 18.2 Å². The molecule has 0 aromatic heterocycles. The summed E-state index contributed by atoms with van der Waals surface area (Å²) in [5.74, 6) is -0.621. The van der Waals surface area contributed by atoms with E-state index >= 15 is 0 Å². The van der Waals surface area contributed by atoms with Crippen molar-refractivity contribution in [2.75, 3.05) is 26.3 Å². The predicted octanol–water partition coefficient (Wildman–Crippen LogP) is 1.32. The number of hydrogen-bond acceptors (Lipinski definition) is 4. The lowest BCUT2D eigenvalue weighted by molar-refractivity contribution is -0.163. The van der Waals surface area contributed by atoms with Crippen molar-refractivity contribution in [3.05, 3.63) is 29.8 Å². The Balaban J connectivity index is 2.58. The highest BCUT2D eigenvalue weighted by atomic mass is 19.4. The van der Waals surface area contributed by atoms with Crippen molar-refractivity contribution >= 4 is 5.91 Å². The standard InChI is InChI=1S/C13H13F3N2O3/c14-13(15,16)9-18(5-6-19)12(20)8-21-11-3-1-10(7-17)2-4-11/h1-4,19H,5-6,8-9H2. The zero-order chi connectivity index (χ0) is 15.9. The smallest absolute Gasteiger partial charge is 0.406 e. The fraction of sp³-hybridized carbons (Fsp3) is 0.385. The Kier molecular flexibility index (Phi) is 5.99. The van der Waals surface area contributed by atoms with E-state index in [4.69, 9.17) is 15.1 Å². The van der Waals surface area contributed by atoms with Crippen LogP contribution in [-0.2, 0) is 4.79 Å². The van der Waals surface area contributed by atoms with E-state index in [1.807, 2.05) is 6.07 Å². The van der Waals surface area contributed by atoms with Crippen molar-refractivity contribution < 1.29 is 27.8 Å². The van der Waals surface area contributed by atoms with Crippen molar-refractivity contribution in [1.82, 2.24) is 4.90 Å². The number of halogens is 3. The molecule has 0 heterocycles. The lowest BCUT2D eigenvalue weighted by Crippen LogP contribution is -2.42. The Morgan fingerprint density at radius 2 is 1.95 bits per heavy atom. The van der Waals surface area contributed by atoms with Gasteiger partial charge in [0.25, 0.3) is 5.91 Å². The number of hydrogen-bond donors (Lipinski definition) is 1. The highest BCUT2D eigenvalue weighted by Gasteiger charge is 2.32. The van der Waals surface area contributed by atoms with Gasteiger partial charge in [0.2, 0.25) is 0 Å². The maximum atomic E-state index is 12.3. The molecule has 0 saturated carbocycles. The number of carbonyl (C=O) groups is 1. The third kappa shape index (κ3) is 6.14. The maximum Gasteiger partial charge on any atom is 0.406 e. The topological polar surface area (TPSA) is 73.6 Å². The second-order valence-electron chi connectivity index (χ2n) is 4.08. The fourth-order valence-electron chi connectivity index (χ4n) is 1.49. The molecule has 0 aliphatic rings. The van der Waals surface area contributed by atoms with Crippen LogP contribution in [0.2, 0.25) is 0 Å². The van der Waals surface area contributed by atoms with Gasteiger partial charge in [0, 0.05) is 6.54 Å². The molecule has 0 fully saturated rings. The zero-order valence-corrected chi connectivity index (χ0v) is 10.9. The minimum Gasteiger partial charge on any atom is -0.484 e. The molecule has 1 aromatic carbocycles. The molecule has 0 radical (unpaired) electrons. The van der Waals surface area contributed by atoms with Gasteiger partial charge in [0.1, 0.15) is 12.3 Å². The largest absolute Gasteiger partial charge is 0.484 e. The molecule has 0 saturated heterocycles. The van der Waals surface area contributed by atoms with Crippen LogP contribution in [0.5, 0.6) is 5.75 Å². The molecule has 0 atom stereocenters. The fourth-order valence-corrected chi connectivity index (χ4v) is 1.49. The van der Waals surface area contributed by atoms with Crippen molar-refractivity contribution in [1.29, 1.82) is 5.26 Å². The summed E-state index contributed by atoms with van der Waals surface area (Å²) in [6.07, 6.45) is -4.54. The predicted molar refractivity (Wildman–Crippen MR) is 66.4 cm³/mol. The van der Waals surface area contributed by atoms with E-state index in [9.17, 15) is 18.0 Å². The number of amides is 1. The number of nitriles is 1. The summed E-state index contributed by atoms with van der Waals surface area (Å²) in [4.78, 5) is 12.1. The molecule has 1 amide bonds. The van der Waals surface area contributed by atoms with Crippen LogP contribution in [-0.4, -0.2) is 48.4 Å². The van der Waals surface area contributed by atoms with Crippen LogP contribution < -0.4 is 4.74 Å². The molecule has 0 aliphatic carbocycles. The minimum absolute atomic E-state index is 0.262. The number of carbonyl (C=O) groups excluding carboxylic acids is 1. The first-order chi connectivity index (χ1) is 9.85. The summed E-state index contributed by atoms with van der Waals surface area (Å²) in [7, 11) is 0. The highest BCUT2D eigenvalue weighted by Crippen LogP contribution is 2.17. The quantitative estimate of drug-likeness (QED) is 0.860. The number of ether oxygens (including phenoxy) is 1. The second kappa shape index (κ2) is 7.50. The number of nitrogens with zero attached hydrogens (tertiary/aromatic N) is 2. The van der Waals surface area contributed by atoms with Gasteiger partial charge in [-0.3, -0.25) is 4.79 Å². The van der Waals surface area contributed by atoms with Gasteiger partial charge in [-0.2, -0.15) is 18.4 Å². The number of aliphatic hydroxyl groups is 1. The van der Waals surface area contributed by atoms with Crippen LogP contribution in [0.3, 0.4) is 0 Å². The molecule has 5 nitrogen and oxygen atoms in total. The van der Waals surface area contributed by atoms with Crippen LogP contribution in [0.1, 0.15) is 5.56 Å². The van der Waals surface area contributed by atoms with Gasteiger partial charge >= 0.3 is 6.18 Å². The van der Waals surface area contributed by atoms with Gasteiger partial charge in [-0.05, 0) is 24.3 Å². The summed E-state index contributed by atoms with van der Waals surface area (Å²) in [6.45, 7) is -3.02. The molecule has 0 spiro atoms. The molecule has 1 aromatic rings. The summed E-state index contributed by atoms with van der Waals surface area (Å²) < 4.78 is 41.9. The summed E-state index contributed by atoms with van der Waals surface area (Å²) in [6, 6.07) is 7.69. The molecular formula is C13H13F3N2O3. The SMILES string of the molecule is N#Cc1ccc(OCC(=O)N(CCO)CC(F)(F)F)cc1. The molecule has 21 heavy (non-hydrogen) atoms. The summed E-state index contributed by atoms with van der Waals surface area (Å²) >= 11 is 0. The van der Waals surface area contributed by atoms with E-state index in [1.54, 1.807) is 0 Å². The van der Waals surface area contributed by atoms with E-state index in [0.29, 0.717) is 10.5 Å². The third-order valence-electron chi connectivity index (χ3n) is 2.44. The zero-order valence-electron chi connectivity index (χ0n) is 10.9. The molecular weight excluding hydrogens is 289 g/mol. The van der Waals surface area contributed by atoms with Gasteiger partial charge in [0.15, 0.2) is 6.61 Å². The lowest BCUT2D eigenvalue weighted by Gasteiger charge is -2.23. The van der Waals surface area contributed by atoms with Crippen LogP contribution in [0.15, 0.2) is 24.3 Å². The van der Waals surface area contributed by atoms with Crippen LogP contribution in [0.4, 0.5) is 13.2 Å². The Bertz CT molecular complexity index is 509. The van der Waals surface area contributed by atoms with E-state index in [-0.39, 0.29) is 5.75 Å². The monoisotopic (exact) mass is 302 g/mol. The van der Waals surface area contributed by atoms with Crippen molar-refractivity contribution in [2.24, 2.45) is 0 Å². The van der Waals surface area contributed by atoms with E-state index < -0.39 is 38.4 Å². The Morgan fingerprint density at radius 1 is 1.33 bits per heavy atom. The Labute approximate surface area is 119 Å². The summed E-state index contributed by atoms with van der Waals surface area (Å²) in [5, 5.41) is 17.3. The Hall–Kier alpha value is -2.27. The van der Waals surface area contributed by atoms with E-state index in [1.165, 1.54) is 24.3 Å². The third-order valence-corrected chi connectivity index (χ3v) is 2.44. The molecule has 0 aliphatic heterocycles. The first kappa shape index (κ1) is 16.8. The molecule has 114 valence electrons. The Morgan fingerprint density at radius 3 is 2.43 bits per heavy atom. The van der Waals surface area contributed by atoms with Crippen LogP contribution in [0.25, 0.3) is 0 Å². The van der Waals surface area contributed by atoms with Gasteiger partial charge in [-0.1, -0.05) is 0 Å². The van der Waals surface area contributed by atoms with Gasteiger partial charge < -0.3 is 14.7 Å². The molecule has 1 rings (SSSR count). The molecule has 0 bridgehead atoms. The van der Waals surface area contributed by atoms with E-state index in [2.05, 4.69) is 0 Å². The van der Waals surface area contributed by atoms with Gasteiger partial charge in [-0.25, -0.2) is 0 Å². The van der Waals surface area contributed by atoms with Crippen LogP contribution in [0, 0.1) is 11.3 Å². The van der Waals surface area contributed by atoms with Crippen molar-refractivity contribution in [2.45, 2.75) is 6.18 Å². The number of benzene rings is 1. The normalized spacial score (nSPS) is 10.8. The highest BCUT2D eigenvalue weighted by molar-refractivity contribution is 5.77. The number of aliphatic hydroxyl groups excluding tert-OH is 1. The molecule has 1 N–H and O–H groups in total. The summed E-state index contributed by atoms with van der Waals surface area (Å²) in [5.41, 5.74) is 0.396. The van der Waals surface area contributed by atoms with E-state index in [0.717, 1.165) is 0 Å². The maximum absolute atomic E-state index is 12.3. The molecule has 0 unspecified atom stereocenters. The number of rotatable bonds is 6. The lowest BCUT2D eigenvalue weighted by atomic mass is 10.2. The van der Waals surface area contributed by atoms with Crippen molar-refractivity contribution in [3.8, 4) is 11.8 Å². The first-order valence-corrected chi connectivity index (χ1v) is 5.94. The average molecular weight is 302 g/mol. The van der Waals surface area contributed by atoms with Crippen molar-refractivity contribution in [3.63, 3.8) is 0 Å². The second-order valence-corrected chi connectivity index (χ2v) is 4.08. The first-order valence-electron chi connectivity index (χ1n) is 5.94. The number of alkyl halides is 3. The van der Waals surface area contributed by atoms with Crippen LogP contribution >= 0.6 is 0 Å². The van der Waals surface area contributed by atoms with Gasteiger partial charge in [-0.15, -0.1) is 0 Å². The minimum atomic E-state index is -4.54. The average Bonchev–Trinajstić information content (AvgIpc) is 2.43. The molecule has 8 heteroatoms.